The number of morpholine rings is 1. The normalized spacial score (nSPS) is 21.5. The third-order valence-electron chi connectivity index (χ3n) is 3.09. The molecule has 19 heavy (non-hydrogen) atoms. The van der Waals surface area contributed by atoms with Crippen LogP contribution in [0.1, 0.15) is 33.3 Å². The summed E-state index contributed by atoms with van der Waals surface area (Å²) in [6, 6.07) is 1.61. The Bertz CT molecular complexity index is 461. The van der Waals surface area contributed by atoms with Crippen molar-refractivity contribution in [2.45, 2.75) is 44.8 Å². The van der Waals surface area contributed by atoms with Gasteiger partial charge in [-0.3, -0.25) is 0 Å². The number of hydrogen-bond acceptors (Lipinski definition) is 3. The van der Waals surface area contributed by atoms with Crippen LogP contribution >= 0.6 is 11.6 Å². The van der Waals surface area contributed by atoms with Crippen LogP contribution in [0.2, 0.25) is 0 Å². The lowest BCUT2D eigenvalue weighted by Gasteiger charge is -2.47. The van der Waals surface area contributed by atoms with Crippen LogP contribution in [0.15, 0.2) is 12.3 Å². The van der Waals surface area contributed by atoms with Crippen LogP contribution in [0.5, 0.6) is 0 Å². The van der Waals surface area contributed by atoms with Gasteiger partial charge in [0.2, 0.25) is 0 Å². The fourth-order valence-corrected chi connectivity index (χ4v) is 2.94. The van der Waals surface area contributed by atoms with Gasteiger partial charge in [-0.2, -0.15) is 0 Å². The second kappa shape index (κ2) is 4.91. The van der Waals surface area contributed by atoms with Crippen molar-refractivity contribution < 1.29 is 9.13 Å². The Hall–Kier alpha value is -0.870. The Labute approximate surface area is 118 Å². The minimum atomic E-state index is -0.340. The zero-order valence-electron chi connectivity index (χ0n) is 11.8. The predicted molar refractivity (Wildman–Crippen MR) is 75.2 cm³/mol. The van der Waals surface area contributed by atoms with E-state index in [1.165, 1.54) is 0 Å². The van der Waals surface area contributed by atoms with Crippen molar-refractivity contribution in [1.29, 1.82) is 0 Å². The first-order valence-corrected chi connectivity index (χ1v) is 6.92. The van der Waals surface area contributed by atoms with E-state index in [0.717, 1.165) is 0 Å². The fourth-order valence-electron chi connectivity index (χ4n) is 2.73. The van der Waals surface area contributed by atoms with E-state index in [2.05, 4.69) is 4.98 Å². The minimum Gasteiger partial charge on any atom is -0.366 e. The summed E-state index contributed by atoms with van der Waals surface area (Å²) in [5, 5.41) is 0. The van der Waals surface area contributed by atoms with Gasteiger partial charge in [0.15, 0.2) is 11.6 Å². The molecule has 0 radical (unpaired) electrons. The summed E-state index contributed by atoms with van der Waals surface area (Å²) in [6.45, 7) is 9.22. The SMILES string of the molecule is CC1(C)CN(c2nccc(CCl)c2F)CC(C)(C)O1. The van der Waals surface area contributed by atoms with Crippen molar-refractivity contribution in [2.24, 2.45) is 0 Å². The molecule has 1 aliphatic heterocycles. The molecule has 3 nitrogen and oxygen atoms in total. The molecule has 1 fully saturated rings. The van der Waals surface area contributed by atoms with Gasteiger partial charge in [-0.1, -0.05) is 0 Å². The van der Waals surface area contributed by atoms with Crippen LogP contribution in [0.25, 0.3) is 0 Å². The van der Waals surface area contributed by atoms with Gasteiger partial charge in [0, 0.05) is 24.8 Å². The molecule has 0 unspecified atom stereocenters. The number of hydrogen-bond donors (Lipinski definition) is 0. The maximum atomic E-state index is 14.3. The number of pyridine rings is 1. The molecular formula is C14H20ClFN2O. The smallest absolute Gasteiger partial charge is 0.170 e. The number of anilines is 1. The van der Waals surface area contributed by atoms with Crippen LogP contribution in [-0.4, -0.2) is 29.3 Å². The molecule has 0 amide bonds. The molecule has 1 aliphatic rings. The lowest BCUT2D eigenvalue weighted by molar-refractivity contribution is -0.133. The average molecular weight is 287 g/mol. The number of alkyl halides is 1. The molecule has 0 aliphatic carbocycles. The third kappa shape index (κ3) is 3.18. The molecule has 0 aromatic carbocycles. The van der Waals surface area contributed by atoms with Crippen LogP contribution in [0.3, 0.4) is 0 Å². The van der Waals surface area contributed by atoms with E-state index < -0.39 is 0 Å². The summed E-state index contributed by atoms with van der Waals surface area (Å²) >= 11 is 5.74. The lowest BCUT2D eigenvalue weighted by atomic mass is 9.99. The number of halogens is 2. The van der Waals surface area contributed by atoms with E-state index in [1.54, 1.807) is 12.3 Å². The highest BCUT2D eigenvalue weighted by Crippen LogP contribution is 2.32. The molecule has 1 saturated heterocycles. The first kappa shape index (κ1) is 14.5. The summed E-state index contributed by atoms with van der Waals surface area (Å²) in [5.41, 5.74) is -0.201. The van der Waals surface area contributed by atoms with E-state index in [-0.39, 0.29) is 22.9 Å². The molecule has 1 aromatic heterocycles. The summed E-state index contributed by atoms with van der Waals surface area (Å²) < 4.78 is 20.3. The van der Waals surface area contributed by atoms with Crippen molar-refractivity contribution in [3.05, 3.63) is 23.6 Å². The quantitative estimate of drug-likeness (QED) is 0.780. The summed E-state index contributed by atoms with van der Waals surface area (Å²) in [4.78, 5) is 6.12. The van der Waals surface area contributed by atoms with Crippen LogP contribution in [0, 0.1) is 5.82 Å². The second-order valence-corrected chi connectivity index (χ2v) is 6.49. The summed E-state index contributed by atoms with van der Waals surface area (Å²) in [5.74, 6) is 0.187. The molecule has 0 bridgehead atoms. The Balaban J connectivity index is 2.36. The van der Waals surface area contributed by atoms with Crippen LogP contribution < -0.4 is 4.90 Å². The molecule has 5 heteroatoms. The van der Waals surface area contributed by atoms with Gasteiger partial charge in [-0.15, -0.1) is 11.6 Å². The summed E-state index contributed by atoms with van der Waals surface area (Å²) in [7, 11) is 0. The highest BCUT2D eigenvalue weighted by molar-refractivity contribution is 6.17. The van der Waals surface area contributed by atoms with Crippen molar-refractivity contribution in [3.8, 4) is 0 Å². The number of aromatic nitrogens is 1. The average Bonchev–Trinajstić information content (AvgIpc) is 2.25. The van der Waals surface area contributed by atoms with Gasteiger partial charge in [0.1, 0.15) is 0 Å². The monoisotopic (exact) mass is 286 g/mol. The first-order chi connectivity index (χ1) is 8.74. The highest BCUT2D eigenvalue weighted by atomic mass is 35.5. The maximum Gasteiger partial charge on any atom is 0.170 e. The minimum absolute atomic E-state index is 0.151. The first-order valence-electron chi connectivity index (χ1n) is 6.39. The molecule has 0 atom stereocenters. The Kier molecular flexibility index (Phi) is 3.76. The summed E-state index contributed by atoms with van der Waals surface area (Å²) in [6.07, 6.45) is 1.60. The molecule has 1 aromatic rings. The van der Waals surface area contributed by atoms with E-state index in [9.17, 15) is 4.39 Å². The number of nitrogens with zero attached hydrogens (tertiary/aromatic N) is 2. The fraction of sp³-hybridized carbons (Fsp3) is 0.643. The molecule has 0 saturated carbocycles. The highest BCUT2D eigenvalue weighted by Gasteiger charge is 2.39. The standard InChI is InChI=1S/C14H20ClFN2O/c1-13(2)8-18(9-14(3,4)19-13)12-11(16)10(7-15)5-6-17-12/h5-6H,7-9H2,1-4H3. The molecule has 106 valence electrons. The van der Waals surface area contributed by atoms with Gasteiger partial charge in [-0.05, 0) is 33.8 Å². The second-order valence-electron chi connectivity index (χ2n) is 6.22. The zero-order chi connectivity index (χ0) is 14.3. The number of rotatable bonds is 2. The largest absolute Gasteiger partial charge is 0.366 e. The number of ether oxygens (including phenoxy) is 1. The molecule has 2 rings (SSSR count). The van der Waals surface area contributed by atoms with Gasteiger partial charge in [0.25, 0.3) is 0 Å². The van der Waals surface area contributed by atoms with Gasteiger partial charge < -0.3 is 9.64 Å². The molecule has 0 spiro atoms. The van der Waals surface area contributed by atoms with E-state index in [4.69, 9.17) is 16.3 Å². The van der Waals surface area contributed by atoms with Crippen molar-refractivity contribution in [3.63, 3.8) is 0 Å². The van der Waals surface area contributed by atoms with Crippen molar-refractivity contribution >= 4 is 17.4 Å². The van der Waals surface area contributed by atoms with Crippen LogP contribution in [0.4, 0.5) is 10.2 Å². The Morgan fingerprint density at radius 1 is 1.32 bits per heavy atom. The maximum absolute atomic E-state index is 14.3. The van der Waals surface area contributed by atoms with Gasteiger partial charge in [-0.25, -0.2) is 9.37 Å². The lowest BCUT2D eigenvalue weighted by Crippen LogP contribution is -2.57. The Morgan fingerprint density at radius 2 is 1.89 bits per heavy atom. The van der Waals surface area contributed by atoms with Crippen molar-refractivity contribution in [2.75, 3.05) is 18.0 Å². The van der Waals surface area contributed by atoms with E-state index in [0.29, 0.717) is 24.5 Å². The zero-order valence-corrected chi connectivity index (χ0v) is 12.6. The van der Waals surface area contributed by atoms with Gasteiger partial charge in [0.05, 0.1) is 17.1 Å². The molecule has 2 heterocycles. The van der Waals surface area contributed by atoms with E-state index in [1.807, 2.05) is 32.6 Å². The van der Waals surface area contributed by atoms with Gasteiger partial charge >= 0.3 is 0 Å². The molecule has 0 N–H and O–H groups in total. The topological polar surface area (TPSA) is 25.4 Å². The third-order valence-corrected chi connectivity index (χ3v) is 3.38. The predicted octanol–water partition coefficient (Wildman–Crippen LogP) is 3.35. The van der Waals surface area contributed by atoms with E-state index >= 15 is 0 Å². The molecular weight excluding hydrogens is 267 g/mol. The van der Waals surface area contributed by atoms with Crippen molar-refractivity contribution in [1.82, 2.24) is 4.98 Å². The van der Waals surface area contributed by atoms with Crippen LogP contribution in [-0.2, 0) is 10.6 Å². The Morgan fingerprint density at radius 3 is 2.42 bits per heavy atom.